The van der Waals surface area contributed by atoms with Crippen molar-refractivity contribution < 1.29 is 4.79 Å². The lowest BCUT2D eigenvalue weighted by Crippen LogP contribution is -2.35. The van der Waals surface area contributed by atoms with Crippen LogP contribution in [-0.4, -0.2) is 18.5 Å². The lowest BCUT2D eigenvalue weighted by Gasteiger charge is -2.11. The summed E-state index contributed by atoms with van der Waals surface area (Å²) in [5, 5.41) is 6.16. The van der Waals surface area contributed by atoms with Crippen LogP contribution in [0.25, 0.3) is 11.1 Å². The zero-order valence-electron chi connectivity index (χ0n) is 11.3. The second kappa shape index (κ2) is 5.88. The number of benzene rings is 2. The molecule has 3 heteroatoms. The molecular weight excluding hydrogens is 248 g/mol. The molecule has 0 unspecified atom stereocenters. The number of hydrogen-bond acceptors (Lipinski definition) is 2. The molecule has 0 bridgehead atoms. The number of hydrogen-bond donors (Lipinski definition) is 2. The molecule has 0 aliphatic carbocycles. The Morgan fingerprint density at radius 1 is 1.00 bits per heavy atom. The fourth-order valence-electron chi connectivity index (χ4n) is 2.51. The SMILES string of the molecule is O=C(Nc1ccc(-c2ccccc2)cc1)[C@@H]1CCCN1. The summed E-state index contributed by atoms with van der Waals surface area (Å²) < 4.78 is 0. The summed E-state index contributed by atoms with van der Waals surface area (Å²) in [6.07, 6.45) is 2.00. The van der Waals surface area contributed by atoms with Crippen molar-refractivity contribution in [2.45, 2.75) is 18.9 Å². The Hall–Kier alpha value is -2.13. The summed E-state index contributed by atoms with van der Waals surface area (Å²) in [5.74, 6) is 0.0648. The fraction of sp³-hybridized carbons (Fsp3) is 0.235. The van der Waals surface area contributed by atoms with Gasteiger partial charge in [-0.2, -0.15) is 0 Å². The first kappa shape index (κ1) is 12.9. The van der Waals surface area contributed by atoms with Gasteiger partial charge in [-0.05, 0) is 42.6 Å². The van der Waals surface area contributed by atoms with E-state index in [1.54, 1.807) is 0 Å². The van der Waals surface area contributed by atoms with Crippen LogP contribution in [0.15, 0.2) is 54.6 Å². The van der Waals surface area contributed by atoms with E-state index in [0.29, 0.717) is 0 Å². The standard InChI is InChI=1S/C17H18N2O/c20-17(16-7-4-12-18-16)19-15-10-8-14(9-11-15)13-5-2-1-3-6-13/h1-3,5-6,8-11,16,18H,4,7,12H2,(H,19,20)/t16-/m0/s1. The van der Waals surface area contributed by atoms with Crippen molar-refractivity contribution in [3.8, 4) is 11.1 Å². The van der Waals surface area contributed by atoms with Crippen LogP contribution in [0.4, 0.5) is 5.69 Å². The van der Waals surface area contributed by atoms with E-state index in [0.717, 1.165) is 30.6 Å². The Morgan fingerprint density at radius 2 is 1.70 bits per heavy atom. The molecule has 0 aromatic heterocycles. The highest BCUT2D eigenvalue weighted by Gasteiger charge is 2.21. The van der Waals surface area contributed by atoms with E-state index in [-0.39, 0.29) is 11.9 Å². The maximum absolute atomic E-state index is 12.0. The Morgan fingerprint density at radius 3 is 2.35 bits per heavy atom. The Balaban J connectivity index is 1.68. The van der Waals surface area contributed by atoms with Gasteiger partial charge in [0.25, 0.3) is 0 Å². The largest absolute Gasteiger partial charge is 0.325 e. The van der Waals surface area contributed by atoms with Crippen molar-refractivity contribution in [2.24, 2.45) is 0 Å². The maximum atomic E-state index is 12.0. The molecule has 1 atom stereocenters. The van der Waals surface area contributed by atoms with Crippen molar-refractivity contribution in [2.75, 3.05) is 11.9 Å². The zero-order chi connectivity index (χ0) is 13.8. The summed E-state index contributed by atoms with van der Waals surface area (Å²) in [7, 11) is 0. The van der Waals surface area contributed by atoms with Gasteiger partial charge in [0.2, 0.25) is 5.91 Å². The molecule has 1 fully saturated rings. The normalized spacial score (nSPS) is 17.9. The van der Waals surface area contributed by atoms with Crippen LogP contribution in [0, 0.1) is 0 Å². The first-order chi connectivity index (χ1) is 9.83. The number of amides is 1. The third kappa shape index (κ3) is 2.89. The van der Waals surface area contributed by atoms with Crippen LogP contribution < -0.4 is 10.6 Å². The van der Waals surface area contributed by atoms with Crippen molar-refractivity contribution in [3.05, 3.63) is 54.6 Å². The minimum absolute atomic E-state index is 0.0381. The van der Waals surface area contributed by atoms with Crippen molar-refractivity contribution in [1.29, 1.82) is 0 Å². The Kier molecular flexibility index (Phi) is 3.79. The van der Waals surface area contributed by atoms with Crippen LogP contribution in [0.2, 0.25) is 0 Å². The molecule has 0 saturated carbocycles. The smallest absolute Gasteiger partial charge is 0.241 e. The Bertz CT molecular complexity index is 572. The predicted octanol–water partition coefficient (Wildman–Crippen LogP) is 3.04. The third-order valence-corrected chi connectivity index (χ3v) is 3.64. The van der Waals surface area contributed by atoms with E-state index in [1.165, 1.54) is 5.56 Å². The highest BCUT2D eigenvalue weighted by atomic mass is 16.2. The quantitative estimate of drug-likeness (QED) is 0.896. The lowest BCUT2D eigenvalue weighted by atomic mass is 10.1. The van der Waals surface area contributed by atoms with Gasteiger partial charge < -0.3 is 10.6 Å². The minimum Gasteiger partial charge on any atom is -0.325 e. The number of anilines is 1. The molecule has 3 nitrogen and oxygen atoms in total. The number of nitrogens with one attached hydrogen (secondary N) is 2. The van der Waals surface area contributed by atoms with Crippen LogP contribution >= 0.6 is 0 Å². The Labute approximate surface area is 119 Å². The molecule has 0 spiro atoms. The number of carbonyl (C=O) groups excluding carboxylic acids is 1. The molecule has 1 aliphatic heterocycles. The predicted molar refractivity (Wildman–Crippen MR) is 81.5 cm³/mol. The highest BCUT2D eigenvalue weighted by Crippen LogP contribution is 2.21. The van der Waals surface area contributed by atoms with E-state index in [4.69, 9.17) is 0 Å². The van der Waals surface area contributed by atoms with Crippen molar-refractivity contribution >= 4 is 11.6 Å². The van der Waals surface area contributed by atoms with Gasteiger partial charge in [0.1, 0.15) is 0 Å². The average molecular weight is 266 g/mol. The molecule has 2 aromatic rings. The second-order valence-electron chi connectivity index (χ2n) is 5.08. The maximum Gasteiger partial charge on any atom is 0.241 e. The molecule has 20 heavy (non-hydrogen) atoms. The number of carbonyl (C=O) groups is 1. The van der Waals surface area contributed by atoms with Crippen molar-refractivity contribution in [1.82, 2.24) is 5.32 Å². The first-order valence-corrected chi connectivity index (χ1v) is 7.03. The van der Waals surface area contributed by atoms with Crippen LogP contribution in [0.5, 0.6) is 0 Å². The molecular formula is C17H18N2O. The number of rotatable bonds is 3. The van der Waals surface area contributed by atoms with E-state index in [2.05, 4.69) is 22.8 Å². The summed E-state index contributed by atoms with van der Waals surface area (Å²) in [4.78, 5) is 12.0. The minimum atomic E-state index is -0.0381. The topological polar surface area (TPSA) is 41.1 Å². The molecule has 1 saturated heterocycles. The van der Waals surface area contributed by atoms with Gasteiger partial charge in [0.05, 0.1) is 6.04 Å². The summed E-state index contributed by atoms with van der Waals surface area (Å²) in [6.45, 7) is 0.936. The molecule has 1 heterocycles. The molecule has 102 valence electrons. The van der Waals surface area contributed by atoms with Gasteiger partial charge in [-0.25, -0.2) is 0 Å². The molecule has 1 amide bonds. The van der Waals surface area contributed by atoms with Crippen LogP contribution in [0.1, 0.15) is 12.8 Å². The summed E-state index contributed by atoms with van der Waals surface area (Å²) in [5.41, 5.74) is 3.19. The second-order valence-corrected chi connectivity index (χ2v) is 5.08. The third-order valence-electron chi connectivity index (χ3n) is 3.64. The lowest BCUT2D eigenvalue weighted by molar-refractivity contribution is -0.117. The van der Waals surface area contributed by atoms with E-state index in [9.17, 15) is 4.79 Å². The molecule has 0 radical (unpaired) electrons. The van der Waals surface area contributed by atoms with E-state index < -0.39 is 0 Å². The fourth-order valence-corrected chi connectivity index (χ4v) is 2.51. The average Bonchev–Trinajstić information content (AvgIpc) is 3.03. The van der Waals surface area contributed by atoms with Crippen LogP contribution in [-0.2, 0) is 4.79 Å². The van der Waals surface area contributed by atoms with Crippen LogP contribution in [0.3, 0.4) is 0 Å². The molecule has 2 aromatic carbocycles. The van der Waals surface area contributed by atoms with Gasteiger partial charge in [-0.1, -0.05) is 42.5 Å². The zero-order valence-corrected chi connectivity index (χ0v) is 11.3. The van der Waals surface area contributed by atoms with E-state index in [1.807, 2.05) is 42.5 Å². The van der Waals surface area contributed by atoms with Gasteiger partial charge in [-0.3, -0.25) is 4.79 Å². The molecule has 3 rings (SSSR count). The summed E-state index contributed by atoms with van der Waals surface area (Å²) >= 11 is 0. The van der Waals surface area contributed by atoms with Gasteiger partial charge in [0, 0.05) is 5.69 Å². The van der Waals surface area contributed by atoms with Gasteiger partial charge in [-0.15, -0.1) is 0 Å². The molecule has 2 N–H and O–H groups in total. The van der Waals surface area contributed by atoms with Gasteiger partial charge in [0.15, 0.2) is 0 Å². The molecule has 1 aliphatic rings. The monoisotopic (exact) mass is 266 g/mol. The van der Waals surface area contributed by atoms with E-state index >= 15 is 0 Å². The highest BCUT2D eigenvalue weighted by molar-refractivity contribution is 5.95. The van der Waals surface area contributed by atoms with Gasteiger partial charge >= 0.3 is 0 Å². The summed E-state index contributed by atoms with van der Waals surface area (Å²) in [6, 6.07) is 18.2. The first-order valence-electron chi connectivity index (χ1n) is 7.03. The van der Waals surface area contributed by atoms with Crippen molar-refractivity contribution in [3.63, 3.8) is 0 Å².